The van der Waals surface area contributed by atoms with Gasteiger partial charge in [0.1, 0.15) is 6.61 Å². The van der Waals surface area contributed by atoms with Gasteiger partial charge in [0, 0.05) is 6.04 Å². The van der Waals surface area contributed by atoms with Gasteiger partial charge in [-0.2, -0.15) is 0 Å². The summed E-state index contributed by atoms with van der Waals surface area (Å²) in [5.41, 5.74) is 1.35. The van der Waals surface area contributed by atoms with Crippen LogP contribution < -0.4 is 5.32 Å². The fourth-order valence-corrected chi connectivity index (χ4v) is 3.82. The van der Waals surface area contributed by atoms with Crippen LogP contribution in [-0.4, -0.2) is 35.0 Å². The number of imide groups is 1. The largest absolute Gasteiger partial charge is 0.445 e. The van der Waals surface area contributed by atoms with Crippen LogP contribution in [0.5, 0.6) is 0 Å². The van der Waals surface area contributed by atoms with Crippen LogP contribution in [0.1, 0.15) is 52.0 Å². The van der Waals surface area contributed by atoms with E-state index in [1.54, 1.807) is 12.1 Å². The zero-order valence-electron chi connectivity index (χ0n) is 16.8. The second-order valence-electron chi connectivity index (χ2n) is 7.62. The summed E-state index contributed by atoms with van der Waals surface area (Å²) in [4.78, 5) is 54.3. The van der Waals surface area contributed by atoms with Crippen molar-refractivity contribution in [2.45, 2.75) is 38.3 Å². The number of ether oxygens (including phenoxy) is 1. The van der Waals surface area contributed by atoms with Gasteiger partial charge in [-0.1, -0.05) is 47.5 Å². The molecule has 0 aromatic heterocycles. The fraction of sp³-hybridized carbons (Fsp3) is 0.304. The van der Waals surface area contributed by atoms with Gasteiger partial charge in [-0.05, 0) is 43.4 Å². The molecule has 160 valence electrons. The van der Waals surface area contributed by atoms with E-state index in [2.05, 4.69) is 5.32 Å². The molecule has 8 nitrogen and oxygen atoms in total. The van der Waals surface area contributed by atoms with E-state index in [9.17, 15) is 19.2 Å². The standard InChI is InChI=1S/C23H22N2O6/c26-20-18-8-4-5-9-19(18)21(27)25(20)31-22(28)16-10-12-17(13-11-16)24-23(29)30-14-15-6-2-1-3-7-15/h1-9,16-17H,10-14H2,(H,24,29). The molecule has 1 aliphatic carbocycles. The maximum atomic E-state index is 12.5. The molecule has 1 N–H and O–H groups in total. The Bertz CT molecular complexity index is 963. The number of fused-ring (bicyclic) bond motifs is 1. The predicted octanol–water partition coefficient (Wildman–Crippen LogP) is 3.23. The number of hydroxylamine groups is 2. The van der Waals surface area contributed by atoms with Crippen LogP contribution >= 0.6 is 0 Å². The van der Waals surface area contributed by atoms with Crippen molar-refractivity contribution in [2.75, 3.05) is 0 Å². The molecular weight excluding hydrogens is 400 g/mol. The van der Waals surface area contributed by atoms with Crippen molar-refractivity contribution in [1.29, 1.82) is 0 Å². The molecular formula is C23H22N2O6. The van der Waals surface area contributed by atoms with Crippen LogP contribution in [0.25, 0.3) is 0 Å². The van der Waals surface area contributed by atoms with Crippen molar-refractivity contribution >= 4 is 23.9 Å². The number of hydrogen-bond donors (Lipinski definition) is 1. The Morgan fingerprint density at radius 1 is 0.871 bits per heavy atom. The van der Waals surface area contributed by atoms with E-state index in [0.29, 0.717) is 30.7 Å². The van der Waals surface area contributed by atoms with Crippen molar-refractivity contribution < 1.29 is 28.8 Å². The first-order valence-electron chi connectivity index (χ1n) is 10.2. The average Bonchev–Trinajstić information content (AvgIpc) is 3.04. The van der Waals surface area contributed by atoms with Crippen LogP contribution in [-0.2, 0) is 21.0 Å². The molecule has 0 saturated heterocycles. The number of carbonyl (C=O) groups is 4. The third-order valence-electron chi connectivity index (χ3n) is 5.53. The van der Waals surface area contributed by atoms with E-state index in [4.69, 9.17) is 9.57 Å². The third-order valence-corrected chi connectivity index (χ3v) is 5.53. The minimum absolute atomic E-state index is 0.105. The van der Waals surface area contributed by atoms with Crippen molar-refractivity contribution in [2.24, 2.45) is 5.92 Å². The van der Waals surface area contributed by atoms with Crippen LogP contribution in [0.3, 0.4) is 0 Å². The lowest BCUT2D eigenvalue weighted by Gasteiger charge is -2.28. The van der Waals surface area contributed by atoms with Gasteiger partial charge in [0.15, 0.2) is 0 Å². The summed E-state index contributed by atoms with van der Waals surface area (Å²) in [5, 5.41) is 3.36. The number of nitrogens with one attached hydrogen (secondary N) is 1. The molecule has 2 aliphatic rings. The first kappa shape index (κ1) is 20.6. The summed E-state index contributed by atoms with van der Waals surface area (Å²) in [6.07, 6.45) is 1.60. The van der Waals surface area contributed by atoms with E-state index in [0.717, 1.165) is 5.56 Å². The van der Waals surface area contributed by atoms with Crippen LogP contribution in [0.4, 0.5) is 4.79 Å². The molecule has 0 radical (unpaired) electrons. The van der Waals surface area contributed by atoms with E-state index in [1.807, 2.05) is 30.3 Å². The number of hydrogen-bond acceptors (Lipinski definition) is 6. The van der Waals surface area contributed by atoms with E-state index in [-0.39, 0.29) is 23.8 Å². The van der Waals surface area contributed by atoms with Crippen LogP contribution in [0.2, 0.25) is 0 Å². The molecule has 3 amide bonds. The second-order valence-corrected chi connectivity index (χ2v) is 7.62. The van der Waals surface area contributed by atoms with Crippen LogP contribution in [0.15, 0.2) is 54.6 Å². The van der Waals surface area contributed by atoms with Gasteiger partial charge in [0.2, 0.25) is 0 Å². The lowest BCUT2D eigenvalue weighted by molar-refractivity contribution is -0.174. The first-order chi connectivity index (χ1) is 15.0. The summed E-state index contributed by atoms with van der Waals surface area (Å²) in [6.45, 7) is 0.189. The van der Waals surface area contributed by atoms with Gasteiger partial charge in [0.05, 0.1) is 17.0 Å². The Hall–Kier alpha value is -3.68. The first-order valence-corrected chi connectivity index (χ1v) is 10.2. The number of benzene rings is 2. The monoisotopic (exact) mass is 422 g/mol. The Kier molecular flexibility index (Phi) is 5.97. The fourth-order valence-electron chi connectivity index (χ4n) is 3.82. The zero-order chi connectivity index (χ0) is 21.8. The molecule has 1 saturated carbocycles. The van der Waals surface area contributed by atoms with Crippen molar-refractivity contribution in [1.82, 2.24) is 10.4 Å². The molecule has 4 rings (SSSR count). The number of nitrogens with zero attached hydrogens (tertiary/aromatic N) is 1. The van der Waals surface area contributed by atoms with Gasteiger partial charge in [-0.3, -0.25) is 9.59 Å². The third kappa shape index (κ3) is 4.58. The molecule has 0 atom stereocenters. The highest BCUT2D eigenvalue weighted by atomic mass is 16.7. The summed E-state index contributed by atoms with van der Waals surface area (Å²) in [5.74, 6) is -2.32. The van der Waals surface area contributed by atoms with Crippen molar-refractivity contribution in [3.8, 4) is 0 Å². The minimum Gasteiger partial charge on any atom is -0.445 e. The van der Waals surface area contributed by atoms with E-state index >= 15 is 0 Å². The van der Waals surface area contributed by atoms with Gasteiger partial charge < -0.3 is 14.9 Å². The smallest absolute Gasteiger partial charge is 0.407 e. The highest BCUT2D eigenvalue weighted by Gasteiger charge is 2.40. The minimum atomic E-state index is -0.634. The zero-order valence-corrected chi connectivity index (χ0v) is 16.8. The molecule has 1 aliphatic heterocycles. The molecule has 0 spiro atoms. The normalized spacial score (nSPS) is 20.2. The quantitative estimate of drug-likeness (QED) is 0.743. The van der Waals surface area contributed by atoms with Gasteiger partial charge in [-0.15, -0.1) is 0 Å². The van der Waals surface area contributed by atoms with Crippen molar-refractivity contribution in [3.63, 3.8) is 0 Å². The van der Waals surface area contributed by atoms with E-state index < -0.39 is 29.8 Å². The Labute approximate surface area is 179 Å². The van der Waals surface area contributed by atoms with E-state index in [1.165, 1.54) is 12.1 Å². The molecule has 31 heavy (non-hydrogen) atoms. The maximum Gasteiger partial charge on any atom is 0.407 e. The molecule has 1 fully saturated rings. The SMILES string of the molecule is O=C(NC1CCC(C(=O)ON2C(=O)c3ccccc3C2=O)CC1)OCc1ccccc1. The Balaban J connectivity index is 1.23. The predicted molar refractivity (Wildman–Crippen MR) is 109 cm³/mol. The van der Waals surface area contributed by atoms with Crippen LogP contribution in [0, 0.1) is 5.92 Å². The van der Waals surface area contributed by atoms with Gasteiger partial charge in [-0.25, -0.2) is 9.59 Å². The average molecular weight is 422 g/mol. The lowest BCUT2D eigenvalue weighted by atomic mass is 9.86. The lowest BCUT2D eigenvalue weighted by Crippen LogP contribution is -2.41. The molecule has 2 aromatic rings. The topological polar surface area (TPSA) is 102 Å². The summed E-state index contributed by atoms with van der Waals surface area (Å²) in [6, 6.07) is 15.6. The highest BCUT2D eigenvalue weighted by molar-refractivity contribution is 6.20. The summed E-state index contributed by atoms with van der Waals surface area (Å²) >= 11 is 0. The second kappa shape index (κ2) is 8.99. The van der Waals surface area contributed by atoms with Crippen molar-refractivity contribution in [3.05, 3.63) is 71.3 Å². The molecule has 8 heteroatoms. The number of amides is 3. The number of rotatable bonds is 5. The number of alkyl carbamates (subject to hydrolysis) is 1. The molecule has 0 bridgehead atoms. The number of carbonyl (C=O) groups excluding carboxylic acids is 4. The molecule has 0 unspecified atom stereocenters. The molecule has 2 aromatic carbocycles. The summed E-state index contributed by atoms with van der Waals surface area (Å²) in [7, 11) is 0. The summed E-state index contributed by atoms with van der Waals surface area (Å²) < 4.78 is 5.22. The highest BCUT2D eigenvalue weighted by Crippen LogP contribution is 2.28. The Morgan fingerprint density at radius 3 is 2.06 bits per heavy atom. The maximum absolute atomic E-state index is 12.5. The Morgan fingerprint density at radius 2 is 1.45 bits per heavy atom. The molecule has 1 heterocycles. The van der Waals surface area contributed by atoms with Gasteiger partial charge >= 0.3 is 12.1 Å². The van der Waals surface area contributed by atoms with Gasteiger partial charge in [0.25, 0.3) is 11.8 Å².